The van der Waals surface area contributed by atoms with Gasteiger partial charge in [0.2, 0.25) is 0 Å². The zero-order valence-corrected chi connectivity index (χ0v) is 9.52. The van der Waals surface area contributed by atoms with Crippen LogP contribution in [-0.4, -0.2) is 4.98 Å². The summed E-state index contributed by atoms with van der Waals surface area (Å²) in [4.78, 5) is 3.25. The third kappa shape index (κ3) is 3.42. The predicted octanol–water partition coefficient (Wildman–Crippen LogP) is 1.08. The Morgan fingerprint density at radius 2 is 1.58 bits per heavy atom. The monoisotopic (exact) mass is 271 g/mol. The van der Waals surface area contributed by atoms with Crippen LogP contribution in [0, 0.1) is 6.07 Å². The fraction of sp³-hybridized carbons (Fsp3) is 0.182. The van der Waals surface area contributed by atoms with E-state index in [1.165, 1.54) is 0 Å². The number of hydrogen-bond donors (Lipinski definition) is 0. The van der Waals surface area contributed by atoms with Gasteiger partial charge >= 0.3 is 31.2 Å². The van der Waals surface area contributed by atoms with E-state index in [0.717, 1.165) is 6.07 Å². The molecule has 2 aromatic rings. The summed E-state index contributed by atoms with van der Waals surface area (Å²) in [6, 6.07) is 4.97. The molecule has 0 saturated heterocycles. The van der Waals surface area contributed by atoms with Crippen molar-refractivity contribution >= 4 is 10.9 Å². The van der Waals surface area contributed by atoms with Gasteiger partial charge in [0.05, 0.1) is 5.69 Å². The second kappa shape index (κ2) is 5.06. The van der Waals surface area contributed by atoms with Crippen LogP contribution in [0.4, 0.5) is 26.3 Å². The zero-order valence-electron chi connectivity index (χ0n) is 9.52. The number of alkyl halides is 6. The Bertz CT molecular complexity index is 536. The fourth-order valence-corrected chi connectivity index (χ4v) is 1.38. The molecular formula is C11H4F6LiN. The van der Waals surface area contributed by atoms with Crippen LogP contribution in [0.1, 0.15) is 11.3 Å². The van der Waals surface area contributed by atoms with Crippen LogP contribution in [0.25, 0.3) is 10.9 Å². The van der Waals surface area contributed by atoms with Crippen molar-refractivity contribution < 1.29 is 45.2 Å². The van der Waals surface area contributed by atoms with Gasteiger partial charge in [-0.15, -0.1) is 23.6 Å². The Labute approximate surface area is 115 Å². The van der Waals surface area contributed by atoms with Crippen LogP contribution in [0.2, 0.25) is 0 Å². The van der Waals surface area contributed by atoms with Crippen LogP contribution >= 0.6 is 0 Å². The first kappa shape index (κ1) is 15.9. The number of halogens is 6. The predicted molar refractivity (Wildman–Crippen MR) is 50.6 cm³/mol. The van der Waals surface area contributed by atoms with Gasteiger partial charge in [-0.25, -0.2) is 0 Å². The molecule has 0 aliphatic carbocycles. The van der Waals surface area contributed by atoms with Gasteiger partial charge in [0.1, 0.15) is 0 Å². The Morgan fingerprint density at radius 1 is 0.947 bits per heavy atom. The summed E-state index contributed by atoms with van der Waals surface area (Å²) in [7, 11) is 0. The third-order valence-electron chi connectivity index (χ3n) is 2.22. The number of fused-ring (bicyclic) bond motifs is 1. The van der Waals surface area contributed by atoms with Crippen molar-refractivity contribution in [2.75, 3.05) is 0 Å². The molecule has 0 radical (unpaired) electrons. The van der Waals surface area contributed by atoms with Gasteiger partial charge in [-0.2, -0.15) is 26.3 Å². The Balaban J connectivity index is 0.00000180. The maximum Gasteiger partial charge on any atom is 1.00 e. The average Bonchev–Trinajstić information content (AvgIpc) is 2.25. The molecule has 2 rings (SSSR count). The second-order valence-electron chi connectivity index (χ2n) is 3.51. The molecule has 0 amide bonds. The average molecular weight is 271 g/mol. The van der Waals surface area contributed by atoms with Crippen LogP contribution in [0.15, 0.2) is 24.3 Å². The summed E-state index contributed by atoms with van der Waals surface area (Å²) in [6.07, 6.45) is -9.20. The number of hydrogen-bond acceptors (Lipinski definition) is 1. The maximum absolute atomic E-state index is 12.4. The number of rotatable bonds is 0. The molecule has 1 nitrogen and oxygen atoms in total. The fourth-order valence-electron chi connectivity index (χ4n) is 1.38. The number of aromatic nitrogens is 1. The van der Waals surface area contributed by atoms with Crippen molar-refractivity contribution in [3.63, 3.8) is 0 Å². The number of benzene rings is 1. The summed E-state index contributed by atoms with van der Waals surface area (Å²) in [6.45, 7) is 0. The summed E-state index contributed by atoms with van der Waals surface area (Å²) in [5.41, 5.74) is -2.32. The van der Waals surface area contributed by atoms with Gasteiger partial charge < -0.3 is 4.98 Å². The molecule has 0 N–H and O–H groups in total. The molecule has 19 heavy (non-hydrogen) atoms. The number of nitrogens with zero attached hydrogens (tertiary/aromatic N) is 1. The normalized spacial score (nSPS) is 12.3. The molecule has 0 atom stereocenters. The van der Waals surface area contributed by atoms with Gasteiger partial charge in [0, 0.05) is 5.56 Å². The first-order valence-electron chi connectivity index (χ1n) is 4.65. The zero-order chi connectivity index (χ0) is 13.6. The van der Waals surface area contributed by atoms with Crippen LogP contribution in [-0.2, 0) is 12.4 Å². The molecular weight excluding hydrogens is 267 g/mol. The summed E-state index contributed by atoms with van der Waals surface area (Å²) >= 11 is 0. The van der Waals surface area contributed by atoms with Gasteiger partial charge in [0.25, 0.3) is 0 Å². The molecule has 96 valence electrons. The molecule has 0 saturated carbocycles. The minimum Gasteiger partial charge on any atom is -0.340 e. The first-order chi connectivity index (χ1) is 8.18. The third-order valence-corrected chi connectivity index (χ3v) is 2.22. The molecule has 0 fully saturated rings. The van der Waals surface area contributed by atoms with E-state index >= 15 is 0 Å². The minimum absolute atomic E-state index is 0. The molecule has 0 aliphatic heterocycles. The van der Waals surface area contributed by atoms with Gasteiger partial charge in [-0.1, -0.05) is 12.1 Å². The number of pyridine rings is 1. The van der Waals surface area contributed by atoms with Crippen molar-refractivity contribution in [3.05, 3.63) is 41.6 Å². The SMILES string of the molecule is FC(F)(F)c1ccc2nc(C(F)(F)F)c[c-]c2c1.[Li+]. The maximum atomic E-state index is 12.4. The molecule has 8 heteroatoms. The van der Waals surface area contributed by atoms with Gasteiger partial charge in [-0.05, 0) is 5.52 Å². The first-order valence-corrected chi connectivity index (χ1v) is 4.65. The molecule has 0 unspecified atom stereocenters. The van der Waals surface area contributed by atoms with Crippen molar-refractivity contribution in [1.29, 1.82) is 0 Å². The van der Waals surface area contributed by atoms with Crippen molar-refractivity contribution in [3.8, 4) is 0 Å². The largest absolute Gasteiger partial charge is 1.00 e. The van der Waals surface area contributed by atoms with E-state index < -0.39 is 23.6 Å². The standard InChI is InChI=1S/C11H4F6N.Li/c12-10(13,14)7-2-3-8-6(5-7)1-4-9(18-8)11(15,16)17;/h2-5H;/q-1;+1. The van der Waals surface area contributed by atoms with Crippen molar-refractivity contribution in [2.45, 2.75) is 12.4 Å². The van der Waals surface area contributed by atoms with E-state index in [2.05, 4.69) is 11.1 Å². The smallest absolute Gasteiger partial charge is 0.340 e. The second-order valence-corrected chi connectivity index (χ2v) is 3.51. The van der Waals surface area contributed by atoms with Crippen molar-refractivity contribution in [1.82, 2.24) is 4.98 Å². The molecule has 0 spiro atoms. The van der Waals surface area contributed by atoms with Gasteiger partial charge in [0.15, 0.2) is 0 Å². The van der Waals surface area contributed by atoms with E-state index in [-0.39, 0.29) is 29.8 Å². The van der Waals surface area contributed by atoms with E-state index in [1.54, 1.807) is 0 Å². The van der Waals surface area contributed by atoms with Crippen LogP contribution < -0.4 is 18.9 Å². The Kier molecular flexibility index (Phi) is 4.23. The molecule has 1 aromatic carbocycles. The quantitative estimate of drug-likeness (QED) is 0.397. The topological polar surface area (TPSA) is 12.9 Å². The Hall–Kier alpha value is -1.19. The molecule has 0 bridgehead atoms. The molecule has 1 aromatic heterocycles. The Morgan fingerprint density at radius 3 is 2.11 bits per heavy atom. The summed E-state index contributed by atoms with van der Waals surface area (Å²) < 4.78 is 74.1. The van der Waals surface area contributed by atoms with Gasteiger partial charge in [-0.3, -0.25) is 0 Å². The van der Waals surface area contributed by atoms with Crippen LogP contribution in [0.3, 0.4) is 0 Å². The molecule has 0 aliphatic rings. The van der Waals surface area contributed by atoms with E-state index in [9.17, 15) is 26.3 Å². The minimum atomic E-state index is -4.65. The van der Waals surface area contributed by atoms with E-state index in [0.29, 0.717) is 18.2 Å². The van der Waals surface area contributed by atoms with Crippen LogP contribution in [0.5, 0.6) is 0 Å². The summed E-state index contributed by atoms with van der Waals surface area (Å²) in [5, 5.41) is -0.113. The van der Waals surface area contributed by atoms with Crippen molar-refractivity contribution in [2.24, 2.45) is 0 Å². The van der Waals surface area contributed by atoms with E-state index in [4.69, 9.17) is 0 Å². The molecule has 1 heterocycles. The summed E-state index contributed by atoms with van der Waals surface area (Å²) in [5.74, 6) is 0. The van der Waals surface area contributed by atoms with E-state index in [1.807, 2.05) is 0 Å².